The summed E-state index contributed by atoms with van der Waals surface area (Å²) < 4.78 is 23.5. The summed E-state index contributed by atoms with van der Waals surface area (Å²) >= 11 is 0. The van der Waals surface area contributed by atoms with Gasteiger partial charge in [-0.3, -0.25) is 0 Å². The molecule has 0 aliphatic heterocycles. The van der Waals surface area contributed by atoms with E-state index in [1.54, 1.807) is 0 Å². The second-order valence-corrected chi connectivity index (χ2v) is 5.22. The van der Waals surface area contributed by atoms with E-state index in [1.807, 2.05) is 0 Å². The lowest BCUT2D eigenvalue weighted by Crippen LogP contribution is -2.12. The van der Waals surface area contributed by atoms with Crippen LogP contribution in [0.4, 0.5) is 0 Å². The highest BCUT2D eigenvalue weighted by Gasteiger charge is 2.10. The van der Waals surface area contributed by atoms with Crippen molar-refractivity contribution < 1.29 is 18.3 Å². The molecule has 20 heavy (non-hydrogen) atoms. The number of sulfonamides is 1. The van der Waals surface area contributed by atoms with Crippen molar-refractivity contribution in [2.75, 3.05) is 0 Å². The molecule has 2 aromatic rings. The van der Waals surface area contributed by atoms with E-state index in [0.717, 1.165) is 6.08 Å². The SMILES string of the molecule is NS(=O)(=O)c1ccc(-n2nnnc2/C=C/C(=O)O)cc1. The fourth-order valence-corrected chi connectivity index (χ4v) is 1.92. The topological polar surface area (TPSA) is 141 Å². The number of nitrogens with zero attached hydrogens (tertiary/aromatic N) is 4. The molecule has 3 N–H and O–H groups in total. The maximum absolute atomic E-state index is 11.1. The van der Waals surface area contributed by atoms with Gasteiger partial charge in [-0.2, -0.15) is 4.68 Å². The Bertz CT molecular complexity index is 763. The molecule has 0 fully saturated rings. The van der Waals surface area contributed by atoms with Gasteiger partial charge < -0.3 is 5.11 Å². The van der Waals surface area contributed by atoms with Crippen LogP contribution in [0.2, 0.25) is 0 Å². The van der Waals surface area contributed by atoms with Crippen LogP contribution in [0.5, 0.6) is 0 Å². The molecule has 1 heterocycles. The monoisotopic (exact) mass is 295 g/mol. The minimum atomic E-state index is -3.77. The van der Waals surface area contributed by atoms with E-state index in [-0.39, 0.29) is 10.7 Å². The van der Waals surface area contributed by atoms with Crippen molar-refractivity contribution in [1.29, 1.82) is 0 Å². The molecule has 0 bridgehead atoms. The van der Waals surface area contributed by atoms with Crippen molar-refractivity contribution >= 4 is 22.1 Å². The van der Waals surface area contributed by atoms with Crippen molar-refractivity contribution in [3.05, 3.63) is 36.2 Å². The third-order valence-electron chi connectivity index (χ3n) is 2.28. The second kappa shape index (κ2) is 5.19. The average Bonchev–Trinajstić information content (AvgIpc) is 2.83. The highest BCUT2D eigenvalue weighted by atomic mass is 32.2. The first-order chi connectivity index (χ1) is 9.38. The minimum Gasteiger partial charge on any atom is -0.478 e. The van der Waals surface area contributed by atoms with Gasteiger partial charge in [0.05, 0.1) is 10.6 Å². The zero-order valence-corrected chi connectivity index (χ0v) is 10.7. The predicted octanol–water partition coefficient (Wildman–Crippen LogP) is -0.592. The van der Waals surface area contributed by atoms with Crippen LogP contribution in [-0.4, -0.2) is 39.7 Å². The third kappa shape index (κ3) is 3.05. The van der Waals surface area contributed by atoms with E-state index < -0.39 is 16.0 Å². The van der Waals surface area contributed by atoms with Gasteiger partial charge in [-0.05, 0) is 40.8 Å². The average molecular weight is 295 g/mol. The van der Waals surface area contributed by atoms with E-state index in [9.17, 15) is 13.2 Å². The minimum absolute atomic E-state index is 0.0445. The van der Waals surface area contributed by atoms with Gasteiger partial charge >= 0.3 is 5.97 Å². The quantitative estimate of drug-likeness (QED) is 0.718. The first kappa shape index (κ1) is 13.8. The van der Waals surface area contributed by atoms with Crippen LogP contribution in [0.15, 0.2) is 35.2 Å². The molecule has 0 saturated heterocycles. The van der Waals surface area contributed by atoms with Crippen LogP contribution in [0.3, 0.4) is 0 Å². The standard InChI is InChI=1S/C10H9N5O4S/c11-20(18,19)8-3-1-7(2-4-8)15-9(12-13-14-15)5-6-10(16)17/h1-6H,(H,16,17)(H2,11,18,19)/b6-5+. The zero-order valence-electron chi connectivity index (χ0n) is 9.91. The maximum Gasteiger partial charge on any atom is 0.328 e. The van der Waals surface area contributed by atoms with E-state index in [0.29, 0.717) is 5.69 Å². The van der Waals surface area contributed by atoms with Crippen molar-refractivity contribution in [1.82, 2.24) is 20.2 Å². The number of tetrazole rings is 1. The Kier molecular flexibility index (Phi) is 3.59. The summed E-state index contributed by atoms with van der Waals surface area (Å²) in [6.45, 7) is 0. The van der Waals surface area contributed by atoms with Gasteiger partial charge in [0.1, 0.15) is 0 Å². The molecular formula is C10H9N5O4S. The van der Waals surface area contributed by atoms with E-state index in [2.05, 4.69) is 15.5 Å². The van der Waals surface area contributed by atoms with Gasteiger partial charge in [-0.15, -0.1) is 5.10 Å². The molecule has 2 rings (SSSR count). The normalized spacial score (nSPS) is 11.8. The fourth-order valence-electron chi connectivity index (χ4n) is 1.40. The summed E-state index contributed by atoms with van der Waals surface area (Å²) in [6, 6.07) is 5.51. The molecule has 0 radical (unpaired) electrons. The molecular weight excluding hydrogens is 286 g/mol. The number of hydrogen-bond donors (Lipinski definition) is 2. The van der Waals surface area contributed by atoms with Gasteiger partial charge in [-0.25, -0.2) is 18.4 Å². The zero-order chi connectivity index (χ0) is 14.8. The van der Waals surface area contributed by atoms with Gasteiger partial charge in [0, 0.05) is 6.08 Å². The molecule has 9 nitrogen and oxygen atoms in total. The Balaban J connectivity index is 2.38. The van der Waals surface area contributed by atoms with Crippen molar-refractivity contribution in [2.45, 2.75) is 4.90 Å². The molecule has 0 saturated carbocycles. The molecule has 1 aromatic heterocycles. The summed E-state index contributed by atoms with van der Waals surface area (Å²) in [5.74, 6) is -0.945. The number of aromatic nitrogens is 4. The number of rotatable bonds is 4. The summed E-state index contributed by atoms with van der Waals surface area (Å²) in [6.07, 6.45) is 2.11. The van der Waals surface area contributed by atoms with Crippen molar-refractivity contribution in [2.24, 2.45) is 5.14 Å². The van der Waals surface area contributed by atoms with E-state index >= 15 is 0 Å². The number of carbonyl (C=O) groups is 1. The van der Waals surface area contributed by atoms with Crippen LogP contribution in [0, 0.1) is 0 Å². The Hall–Kier alpha value is -2.59. The van der Waals surface area contributed by atoms with Crippen LogP contribution in [0.1, 0.15) is 5.82 Å². The van der Waals surface area contributed by atoms with Crippen molar-refractivity contribution in [3.8, 4) is 5.69 Å². The van der Waals surface area contributed by atoms with E-state index in [1.165, 1.54) is 35.0 Å². The number of nitrogens with two attached hydrogens (primary N) is 1. The van der Waals surface area contributed by atoms with Crippen LogP contribution in [0.25, 0.3) is 11.8 Å². The number of hydrogen-bond acceptors (Lipinski definition) is 6. The third-order valence-corrected chi connectivity index (χ3v) is 3.21. The lowest BCUT2D eigenvalue weighted by Gasteiger charge is -2.03. The van der Waals surface area contributed by atoms with Crippen LogP contribution >= 0.6 is 0 Å². The molecule has 0 atom stereocenters. The molecule has 0 aliphatic rings. The maximum atomic E-state index is 11.1. The molecule has 0 aliphatic carbocycles. The van der Waals surface area contributed by atoms with Crippen LogP contribution < -0.4 is 5.14 Å². The largest absolute Gasteiger partial charge is 0.478 e. The summed E-state index contributed by atoms with van der Waals surface area (Å²) in [7, 11) is -3.77. The molecule has 0 unspecified atom stereocenters. The van der Waals surface area contributed by atoms with Crippen molar-refractivity contribution in [3.63, 3.8) is 0 Å². The van der Waals surface area contributed by atoms with Crippen LogP contribution in [-0.2, 0) is 14.8 Å². The summed E-state index contributed by atoms with van der Waals surface area (Å²) in [5.41, 5.74) is 0.465. The highest BCUT2D eigenvalue weighted by Crippen LogP contribution is 2.13. The number of carboxylic acid groups (broad SMARTS) is 1. The lowest BCUT2D eigenvalue weighted by atomic mass is 10.3. The molecule has 0 amide bonds. The Morgan fingerprint density at radius 2 is 1.95 bits per heavy atom. The number of aliphatic carboxylic acids is 1. The molecule has 0 spiro atoms. The Labute approximate surface area is 113 Å². The first-order valence-electron chi connectivity index (χ1n) is 5.20. The predicted molar refractivity (Wildman–Crippen MR) is 67.2 cm³/mol. The smallest absolute Gasteiger partial charge is 0.328 e. The number of benzene rings is 1. The first-order valence-corrected chi connectivity index (χ1v) is 6.75. The van der Waals surface area contributed by atoms with Gasteiger partial charge in [0.2, 0.25) is 10.0 Å². The number of primary sulfonamides is 1. The molecule has 10 heteroatoms. The number of carboxylic acids is 1. The second-order valence-electron chi connectivity index (χ2n) is 3.66. The van der Waals surface area contributed by atoms with E-state index in [4.69, 9.17) is 10.2 Å². The van der Waals surface area contributed by atoms with Gasteiger partial charge in [0.25, 0.3) is 0 Å². The summed E-state index contributed by atoms with van der Waals surface area (Å²) in [5, 5.41) is 24.3. The highest BCUT2D eigenvalue weighted by molar-refractivity contribution is 7.89. The van der Waals surface area contributed by atoms with Gasteiger partial charge in [-0.1, -0.05) is 0 Å². The summed E-state index contributed by atoms with van der Waals surface area (Å²) in [4.78, 5) is 10.4. The fraction of sp³-hybridized carbons (Fsp3) is 0. The van der Waals surface area contributed by atoms with Gasteiger partial charge in [0.15, 0.2) is 5.82 Å². The molecule has 104 valence electrons. The lowest BCUT2D eigenvalue weighted by molar-refractivity contribution is -0.131. The Morgan fingerprint density at radius 1 is 1.30 bits per heavy atom. The molecule has 1 aromatic carbocycles. The Morgan fingerprint density at radius 3 is 2.50 bits per heavy atom.